The molecule has 0 bridgehead atoms. The molecule has 0 fully saturated rings. The van der Waals surface area contributed by atoms with Crippen LogP contribution in [0.5, 0.6) is 0 Å². The summed E-state index contributed by atoms with van der Waals surface area (Å²) >= 11 is 0. The molecule has 4 heteroatoms. The summed E-state index contributed by atoms with van der Waals surface area (Å²) in [7, 11) is -2.86. The van der Waals surface area contributed by atoms with E-state index in [1.54, 1.807) is 0 Å². The van der Waals surface area contributed by atoms with Crippen LogP contribution in [-0.2, 0) is 14.7 Å². The molecule has 0 saturated heterocycles. The minimum Gasteiger partial charge on any atom is -0.303 e. The third-order valence-corrected chi connectivity index (χ3v) is 6.32. The Balaban J connectivity index is 2.58. The molecule has 2 rings (SSSR count). The van der Waals surface area contributed by atoms with E-state index in [-0.39, 0.29) is 0 Å². The highest BCUT2D eigenvalue weighted by Crippen LogP contribution is 2.60. The van der Waals surface area contributed by atoms with Gasteiger partial charge < -0.3 is 4.52 Å². The standard InChI is InChI=1S/C13H20NO2P/c1-5-14(6-2)17(15)12-10-8-7-9-11(12)13(3,4)16-17/h7-10H,5-6H2,1-4H3. The predicted octanol–water partition coefficient (Wildman–Crippen LogP) is 3.11. The second kappa shape index (κ2) is 4.24. The Labute approximate surface area is 103 Å². The maximum atomic E-state index is 13.1. The molecule has 0 spiro atoms. The molecule has 0 amide bonds. The van der Waals surface area contributed by atoms with Crippen LogP contribution in [0.1, 0.15) is 33.3 Å². The number of hydrogen-bond donors (Lipinski definition) is 0. The molecule has 1 heterocycles. The molecule has 1 aromatic carbocycles. The molecule has 0 aromatic heterocycles. The van der Waals surface area contributed by atoms with E-state index in [4.69, 9.17) is 4.52 Å². The normalized spacial score (nSPS) is 26.2. The van der Waals surface area contributed by atoms with Crippen LogP contribution in [0.4, 0.5) is 0 Å². The zero-order chi connectivity index (χ0) is 12.7. The van der Waals surface area contributed by atoms with Gasteiger partial charge in [0.05, 0.1) is 10.9 Å². The summed E-state index contributed by atoms with van der Waals surface area (Å²) in [5.74, 6) is 0. The monoisotopic (exact) mass is 253 g/mol. The zero-order valence-electron chi connectivity index (χ0n) is 10.9. The van der Waals surface area contributed by atoms with Crippen molar-refractivity contribution in [2.45, 2.75) is 33.3 Å². The Bertz CT molecular complexity index is 466. The number of nitrogens with zero attached hydrogens (tertiary/aromatic N) is 1. The van der Waals surface area contributed by atoms with Crippen LogP contribution in [0.25, 0.3) is 0 Å². The first kappa shape index (κ1) is 12.8. The molecule has 94 valence electrons. The Morgan fingerprint density at radius 3 is 2.41 bits per heavy atom. The third kappa shape index (κ3) is 1.87. The van der Waals surface area contributed by atoms with Crippen LogP contribution in [0, 0.1) is 0 Å². The summed E-state index contributed by atoms with van der Waals surface area (Å²) in [4.78, 5) is 0. The van der Waals surface area contributed by atoms with E-state index < -0.39 is 13.1 Å². The molecular weight excluding hydrogens is 233 g/mol. The molecular formula is C13H20NO2P. The van der Waals surface area contributed by atoms with E-state index in [2.05, 4.69) is 0 Å². The fourth-order valence-electron chi connectivity index (χ4n) is 2.44. The Morgan fingerprint density at radius 2 is 1.82 bits per heavy atom. The van der Waals surface area contributed by atoms with Gasteiger partial charge in [0.2, 0.25) is 0 Å². The lowest BCUT2D eigenvalue weighted by molar-refractivity contribution is 0.113. The van der Waals surface area contributed by atoms with Gasteiger partial charge in [-0.1, -0.05) is 32.0 Å². The summed E-state index contributed by atoms with van der Waals surface area (Å²) < 4.78 is 21.0. The lowest BCUT2D eigenvalue weighted by Crippen LogP contribution is -2.25. The third-order valence-electron chi connectivity index (χ3n) is 3.31. The minimum absolute atomic E-state index is 0.464. The first-order valence-electron chi connectivity index (χ1n) is 6.12. The highest BCUT2D eigenvalue weighted by molar-refractivity contribution is 7.65. The maximum Gasteiger partial charge on any atom is 0.303 e. The van der Waals surface area contributed by atoms with Crippen molar-refractivity contribution in [2.24, 2.45) is 0 Å². The minimum atomic E-state index is -2.86. The molecule has 1 atom stereocenters. The van der Waals surface area contributed by atoms with Crippen LogP contribution in [0.3, 0.4) is 0 Å². The second-order valence-corrected chi connectivity index (χ2v) is 7.05. The topological polar surface area (TPSA) is 29.5 Å². The Hall–Kier alpha value is -0.630. The highest BCUT2D eigenvalue weighted by atomic mass is 31.2. The summed E-state index contributed by atoms with van der Waals surface area (Å²) in [6, 6.07) is 7.85. The predicted molar refractivity (Wildman–Crippen MR) is 70.7 cm³/mol. The van der Waals surface area contributed by atoms with Gasteiger partial charge >= 0.3 is 7.52 Å². The van der Waals surface area contributed by atoms with Gasteiger partial charge in [0, 0.05) is 13.1 Å². The van der Waals surface area contributed by atoms with Gasteiger partial charge in [0.25, 0.3) is 0 Å². The fraction of sp³-hybridized carbons (Fsp3) is 0.538. The quantitative estimate of drug-likeness (QED) is 0.775. The molecule has 1 aliphatic heterocycles. The largest absolute Gasteiger partial charge is 0.303 e. The van der Waals surface area contributed by atoms with Gasteiger partial charge in [-0.2, -0.15) is 0 Å². The molecule has 1 aliphatic rings. The van der Waals surface area contributed by atoms with Crippen molar-refractivity contribution in [3.05, 3.63) is 29.8 Å². The fourth-order valence-corrected chi connectivity index (χ4v) is 5.35. The second-order valence-electron chi connectivity index (χ2n) is 4.78. The van der Waals surface area contributed by atoms with Crippen molar-refractivity contribution in [1.82, 2.24) is 4.67 Å². The summed E-state index contributed by atoms with van der Waals surface area (Å²) in [6.45, 7) is 9.46. The van der Waals surface area contributed by atoms with Crippen molar-refractivity contribution >= 4 is 12.8 Å². The molecule has 3 nitrogen and oxygen atoms in total. The van der Waals surface area contributed by atoms with E-state index in [1.165, 1.54) is 0 Å². The summed E-state index contributed by atoms with van der Waals surface area (Å²) in [5.41, 5.74) is 0.588. The van der Waals surface area contributed by atoms with Gasteiger partial charge in [-0.05, 0) is 25.5 Å². The number of benzene rings is 1. The van der Waals surface area contributed by atoms with Crippen molar-refractivity contribution in [3.63, 3.8) is 0 Å². The van der Waals surface area contributed by atoms with Crippen LogP contribution in [0.15, 0.2) is 24.3 Å². The van der Waals surface area contributed by atoms with Crippen molar-refractivity contribution in [2.75, 3.05) is 13.1 Å². The molecule has 0 aliphatic carbocycles. The van der Waals surface area contributed by atoms with E-state index in [0.717, 1.165) is 24.0 Å². The molecule has 0 saturated carbocycles. The SMILES string of the molecule is CCN(CC)P1(=O)OC(C)(C)c2ccccc21. The van der Waals surface area contributed by atoms with Gasteiger partial charge in [-0.15, -0.1) is 0 Å². The Kier molecular flexibility index (Phi) is 3.19. The molecule has 0 N–H and O–H groups in total. The van der Waals surface area contributed by atoms with Crippen molar-refractivity contribution in [1.29, 1.82) is 0 Å². The molecule has 0 radical (unpaired) electrons. The summed E-state index contributed by atoms with van der Waals surface area (Å²) in [6.07, 6.45) is 0. The first-order valence-corrected chi connectivity index (χ1v) is 7.69. The smallest absolute Gasteiger partial charge is 0.303 e. The zero-order valence-corrected chi connectivity index (χ0v) is 11.8. The maximum absolute atomic E-state index is 13.1. The van der Waals surface area contributed by atoms with Crippen LogP contribution < -0.4 is 5.30 Å². The highest BCUT2D eigenvalue weighted by Gasteiger charge is 2.48. The van der Waals surface area contributed by atoms with Crippen LogP contribution >= 0.6 is 7.52 Å². The lowest BCUT2D eigenvalue weighted by atomic mass is 9.99. The average Bonchev–Trinajstić information content (AvgIpc) is 2.50. The van der Waals surface area contributed by atoms with Crippen LogP contribution in [-0.4, -0.2) is 17.8 Å². The number of rotatable bonds is 3. The number of hydrogen-bond acceptors (Lipinski definition) is 2. The van der Waals surface area contributed by atoms with Gasteiger partial charge in [0.15, 0.2) is 0 Å². The van der Waals surface area contributed by atoms with Gasteiger partial charge in [-0.3, -0.25) is 4.57 Å². The van der Waals surface area contributed by atoms with E-state index >= 15 is 0 Å². The average molecular weight is 253 g/mol. The summed E-state index contributed by atoms with van der Waals surface area (Å²) in [5, 5.41) is 0.869. The Morgan fingerprint density at radius 1 is 1.24 bits per heavy atom. The lowest BCUT2D eigenvalue weighted by Gasteiger charge is -2.28. The molecule has 17 heavy (non-hydrogen) atoms. The van der Waals surface area contributed by atoms with Crippen LogP contribution in [0.2, 0.25) is 0 Å². The number of fused-ring (bicyclic) bond motifs is 1. The van der Waals surface area contributed by atoms with Gasteiger partial charge in [0.1, 0.15) is 0 Å². The van der Waals surface area contributed by atoms with Gasteiger partial charge in [-0.25, -0.2) is 4.67 Å². The van der Waals surface area contributed by atoms with E-state index in [9.17, 15) is 4.57 Å². The molecule has 1 aromatic rings. The van der Waals surface area contributed by atoms with E-state index in [1.807, 2.05) is 56.6 Å². The van der Waals surface area contributed by atoms with Crippen molar-refractivity contribution in [3.8, 4) is 0 Å². The first-order chi connectivity index (χ1) is 7.95. The van der Waals surface area contributed by atoms with Crippen molar-refractivity contribution < 1.29 is 9.09 Å². The molecule has 1 unspecified atom stereocenters. The van der Waals surface area contributed by atoms with E-state index in [0.29, 0.717) is 0 Å².